The number of ketones is 1. The molecule has 0 N–H and O–H groups in total. The number of esters is 1. The zero-order valence-electron chi connectivity index (χ0n) is 21.5. The van der Waals surface area contributed by atoms with Gasteiger partial charge in [0.25, 0.3) is 0 Å². The molecule has 5 heteroatoms. The molecule has 0 spiro atoms. The van der Waals surface area contributed by atoms with Crippen LogP contribution in [-0.2, 0) is 18.8 Å². The van der Waals surface area contributed by atoms with Gasteiger partial charge in [-0.2, -0.15) is 0 Å². The van der Waals surface area contributed by atoms with Crippen molar-refractivity contribution in [1.82, 2.24) is 0 Å². The van der Waals surface area contributed by atoms with Crippen LogP contribution in [0.5, 0.6) is 0 Å². The Morgan fingerprint density at radius 2 is 1.69 bits per heavy atom. The topological polar surface area (TPSA) is 52.6 Å². The smallest absolute Gasteiger partial charge is 0.303 e. The summed E-state index contributed by atoms with van der Waals surface area (Å²) < 4.78 is 12.8. The summed E-state index contributed by atoms with van der Waals surface area (Å²) in [5, 5.41) is 0.197. The van der Waals surface area contributed by atoms with Gasteiger partial charge in [-0.05, 0) is 80.0 Å². The van der Waals surface area contributed by atoms with E-state index in [9.17, 15) is 9.59 Å². The van der Waals surface area contributed by atoms with Gasteiger partial charge in [0.1, 0.15) is 11.9 Å². The second-order valence-corrected chi connectivity index (χ2v) is 17.9. The molecule has 4 nitrogen and oxygen atoms in total. The van der Waals surface area contributed by atoms with E-state index < -0.39 is 8.32 Å². The maximum Gasteiger partial charge on any atom is 0.303 e. The molecule has 0 bridgehead atoms. The summed E-state index contributed by atoms with van der Waals surface area (Å²) in [6.07, 6.45) is 9.20. The molecule has 4 aliphatic carbocycles. The lowest BCUT2D eigenvalue weighted by atomic mass is 9.47. The molecule has 180 valence electrons. The van der Waals surface area contributed by atoms with Gasteiger partial charge in [0.05, 0.1) is 0 Å². The van der Waals surface area contributed by atoms with E-state index in [-0.39, 0.29) is 40.0 Å². The van der Waals surface area contributed by atoms with Crippen LogP contribution in [0.4, 0.5) is 0 Å². The Bertz CT molecular complexity index is 824. The van der Waals surface area contributed by atoms with E-state index in [1.807, 2.05) is 0 Å². The fourth-order valence-corrected chi connectivity index (χ4v) is 8.75. The molecule has 0 radical (unpaired) electrons. The highest BCUT2D eigenvalue weighted by Gasteiger charge is 2.61. The quantitative estimate of drug-likeness (QED) is 0.276. The van der Waals surface area contributed by atoms with Crippen molar-refractivity contribution in [2.45, 2.75) is 117 Å². The summed E-state index contributed by atoms with van der Waals surface area (Å²) in [4.78, 5) is 24.9. The van der Waals surface area contributed by atoms with Gasteiger partial charge in [0, 0.05) is 30.8 Å². The van der Waals surface area contributed by atoms with Gasteiger partial charge in [-0.15, -0.1) is 0 Å². The average Bonchev–Trinajstić information content (AvgIpc) is 2.96. The van der Waals surface area contributed by atoms with Crippen LogP contribution in [0.3, 0.4) is 0 Å². The Kier molecular flexibility index (Phi) is 5.89. The highest BCUT2D eigenvalue weighted by molar-refractivity contribution is 6.74. The molecule has 4 rings (SSSR count). The van der Waals surface area contributed by atoms with Crippen LogP contribution in [0.1, 0.15) is 86.5 Å². The highest BCUT2D eigenvalue weighted by Crippen LogP contribution is 2.64. The molecule has 3 fully saturated rings. The van der Waals surface area contributed by atoms with Crippen molar-refractivity contribution in [2.24, 2.45) is 28.6 Å². The first-order valence-electron chi connectivity index (χ1n) is 12.8. The summed E-state index contributed by atoms with van der Waals surface area (Å²) in [5.41, 5.74) is 1.33. The normalized spacial score (nSPS) is 41.9. The lowest BCUT2D eigenvalue weighted by Crippen LogP contribution is -2.56. The summed E-state index contributed by atoms with van der Waals surface area (Å²) in [7, 11) is -1.84. The predicted octanol–water partition coefficient (Wildman–Crippen LogP) is 6.45. The van der Waals surface area contributed by atoms with Crippen molar-refractivity contribution in [3.05, 3.63) is 11.6 Å². The lowest BCUT2D eigenvalue weighted by Gasteiger charge is -2.58. The number of ether oxygens (including phenoxy) is 1. The first kappa shape index (κ1) is 24.2. The van der Waals surface area contributed by atoms with Crippen molar-refractivity contribution >= 4 is 20.1 Å². The molecule has 2 unspecified atom stereocenters. The monoisotopic (exact) mass is 460 g/mol. The summed E-state index contributed by atoms with van der Waals surface area (Å²) in [6, 6.07) is 0. The minimum absolute atomic E-state index is 0.127. The third-order valence-corrected chi connectivity index (χ3v) is 14.9. The third-order valence-electron chi connectivity index (χ3n) is 10.3. The Balaban J connectivity index is 1.66. The molecule has 0 saturated heterocycles. The predicted molar refractivity (Wildman–Crippen MR) is 130 cm³/mol. The highest BCUT2D eigenvalue weighted by atomic mass is 28.4. The molecule has 0 aromatic rings. The van der Waals surface area contributed by atoms with Crippen LogP contribution in [0.2, 0.25) is 18.1 Å². The van der Waals surface area contributed by atoms with Crippen molar-refractivity contribution in [3.8, 4) is 0 Å². The number of carbonyl (C=O) groups excluding carboxylic acids is 2. The van der Waals surface area contributed by atoms with Crippen LogP contribution >= 0.6 is 0 Å². The van der Waals surface area contributed by atoms with Crippen molar-refractivity contribution in [2.75, 3.05) is 0 Å². The molecule has 7 atom stereocenters. The molecule has 4 aliphatic rings. The van der Waals surface area contributed by atoms with E-state index in [0.29, 0.717) is 24.0 Å². The molecule has 3 saturated carbocycles. The SMILES string of the molecule is CC(=O)OC1C=C2CC(O[Si](C)(C)C(C)(C)C)CC[C@]2(C)[C@@H]2CC[C@]3(C)C(=O)CC[C@H]3[C@H]12. The van der Waals surface area contributed by atoms with Crippen molar-refractivity contribution in [3.63, 3.8) is 0 Å². The fraction of sp³-hybridized carbons (Fsp3) is 0.852. The van der Waals surface area contributed by atoms with Gasteiger partial charge in [0.2, 0.25) is 0 Å². The van der Waals surface area contributed by atoms with Gasteiger partial charge in [-0.3, -0.25) is 9.59 Å². The largest absolute Gasteiger partial charge is 0.458 e. The van der Waals surface area contributed by atoms with E-state index >= 15 is 0 Å². The van der Waals surface area contributed by atoms with Gasteiger partial charge in [-0.25, -0.2) is 0 Å². The Hall–Kier alpha value is -0.943. The van der Waals surface area contributed by atoms with E-state index in [1.165, 1.54) is 12.5 Å². The first-order valence-corrected chi connectivity index (χ1v) is 15.7. The average molecular weight is 461 g/mol. The van der Waals surface area contributed by atoms with E-state index in [4.69, 9.17) is 9.16 Å². The molecule has 0 heterocycles. The van der Waals surface area contributed by atoms with Crippen LogP contribution in [0.15, 0.2) is 11.6 Å². The Morgan fingerprint density at radius 3 is 2.31 bits per heavy atom. The molecule has 0 amide bonds. The van der Waals surface area contributed by atoms with E-state index in [1.54, 1.807) is 0 Å². The number of fused-ring (bicyclic) bond motifs is 5. The van der Waals surface area contributed by atoms with Crippen molar-refractivity contribution in [1.29, 1.82) is 0 Å². The molecule has 0 aliphatic heterocycles. The summed E-state index contributed by atoms with van der Waals surface area (Å²) in [6.45, 7) is 17.7. The van der Waals surface area contributed by atoms with Crippen LogP contribution in [0.25, 0.3) is 0 Å². The van der Waals surface area contributed by atoms with Crippen LogP contribution in [0, 0.1) is 28.6 Å². The first-order chi connectivity index (χ1) is 14.7. The maximum absolute atomic E-state index is 12.8. The minimum atomic E-state index is -1.84. The molecule has 32 heavy (non-hydrogen) atoms. The molecule has 0 aromatic carbocycles. The Morgan fingerprint density at radius 1 is 1.06 bits per heavy atom. The van der Waals surface area contributed by atoms with E-state index in [0.717, 1.165) is 38.5 Å². The molecule has 0 aromatic heterocycles. The number of Topliss-reactive ketones (excluding diaryl/α,β-unsaturated/α-hetero) is 1. The third kappa shape index (κ3) is 3.75. The standard InChI is InChI=1S/C27H44O4Si/c1-17(28)30-22-16-18-15-19(31-32(7,8)25(2,3)4)11-13-26(18,5)21-12-14-27(6)20(24(21)22)9-10-23(27)29/h16,19-22,24H,9-15H2,1-8H3/t19?,20-,21+,22?,24-,26-,27-/m0/s1. The van der Waals surface area contributed by atoms with Gasteiger partial charge in [-0.1, -0.05) is 40.2 Å². The number of rotatable bonds is 3. The van der Waals surface area contributed by atoms with Crippen LogP contribution < -0.4 is 0 Å². The van der Waals surface area contributed by atoms with Gasteiger partial charge >= 0.3 is 5.97 Å². The van der Waals surface area contributed by atoms with Crippen molar-refractivity contribution < 1.29 is 18.8 Å². The number of carbonyl (C=O) groups is 2. The second kappa shape index (κ2) is 7.80. The van der Waals surface area contributed by atoms with Crippen LogP contribution in [-0.4, -0.2) is 32.3 Å². The Labute approximate surface area is 196 Å². The zero-order valence-corrected chi connectivity index (χ0v) is 22.5. The minimum Gasteiger partial charge on any atom is -0.458 e. The molecular weight excluding hydrogens is 416 g/mol. The maximum atomic E-state index is 12.8. The molecular formula is C27H44O4Si. The number of hydrogen-bond acceptors (Lipinski definition) is 4. The van der Waals surface area contributed by atoms with Gasteiger partial charge in [0.15, 0.2) is 8.32 Å². The summed E-state index contributed by atoms with van der Waals surface area (Å²) >= 11 is 0. The van der Waals surface area contributed by atoms with Gasteiger partial charge < -0.3 is 9.16 Å². The fourth-order valence-electron chi connectivity index (χ4n) is 7.36. The summed E-state index contributed by atoms with van der Waals surface area (Å²) in [5.74, 6) is 1.28. The zero-order chi connectivity index (χ0) is 23.7. The lowest BCUT2D eigenvalue weighted by molar-refractivity contribution is -0.158. The van der Waals surface area contributed by atoms with E-state index in [2.05, 4.69) is 53.8 Å². The number of hydrogen-bond donors (Lipinski definition) is 0. The second-order valence-electron chi connectivity index (χ2n) is 13.1.